The standard InChI is InChI=1S/C22H33N3O.C19H26N2O2/c1-6-24(5)20(26)17-12-13-19-18(14-17)23-21(22(2,3)4)25(19)15-16-10-8-7-9-11-16;1-19(2,3)18-20-15-11-14(17(22)23)9-10-16(15)21(18)12-13-7-5-4-6-8-13/h12-14,16H,6-11,15H2,1-5H3;9-11,13H,4-8,12H2,1-3H3,(H,22,23). The highest BCUT2D eigenvalue weighted by atomic mass is 16.4. The molecule has 6 rings (SSSR count). The SMILES string of the molecule is CC(C)(C)c1nc2cc(C(=O)O)ccc2n1CC1CCCCC1.CCN(C)C(=O)c1ccc2c(c1)nc(C(C)(C)C)n2CC1CCCCC1. The van der Waals surface area contributed by atoms with Gasteiger partial charge in [-0.2, -0.15) is 0 Å². The van der Waals surface area contributed by atoms with Gasteiger partial charge in [-0.15, -0.1) is 0 Å². The molecule has 2 aromatic heterocycles. The molecule has 2 aliphatic rings. The van der Waals surface area contributed by atoms with Crippen molar-refractivity contribution in [2.75, 3.05) is 13.6 Å². The van der Waals surface area contributed by atoms with E-state index in [1.165, 1.54) is 64.2 Å². The second-order valence-electron chi connectivity index (χ2n) is 16.6. The lowest BCUT2D eigenvalue weighted by molar-refractivity contribution is 0.0696. The Morgan fingerprint density at radius 1 is 0.714 bits per heavy atom. The third kappa shape index (κ3) is 8.56. The summed E-state index contributed by atoms with van der Waals surface area (Å²) in [6.07, 6.45) is 13.3. The fraction of sp³-hybridized carbons (Fsp3) is 0.610. The molecule has 266 valence electrons. The van der Waals surface area contributed by atoms with Crippen molar-refractivity contribution >= 4 is 33.9 Å². The number of aromatic carboxylic acids is 1. The molecule has 8 nitrogen and oxygen atoms in total. The van der Waals surface area contributed by atoms with Crippen LogP contribution in [0.4, 0.5) is 0 Å². The Morgan fingerprint density at radius 2 is 1.12 bits per heavy atom. The molecule has 2 aliphatic carbocycles. The van der Waals surface area contributed by atoms with Crippen LogP contribution in [0, 0.1) is 11.8 Å². The molecule has 0 spiro atoms. The highest BCUT2D eigenvalue weighted by Gasteiger charge is 2.27. The molecule has 1 amide bonds. The van der Waals surface area contributed by atoms with Crippen LogP contribution < -0.4 is 0 Å². The summed E-state index contributed by atoms with van der Waals surface area (Å²) in [5.74, 6) is 2.81. The van der Waals surface area contributed by atoms with Crippen molar-refractivity contribution in [1.82, 2.24) is 24.0 Å². The van der Waals surface area contributed by atoms with Crippen molar-refractivity contribution in [3.63, 3.8) is 0 Å². The number of carboxylic acid groups (broad SMARTS) is 1. The molecule has 0 atom stereocenters. The number of fused-ring (bicyclic) bond motifs is 2. The number of amides is 1. The van der Waals surface area contributed by atoms with Crippen LogP contribution in [0.25, 0.3) is 22.1 Å². The van der Waals surface area contributed by atoms with Crippen LogP contribution in [0.3, 0.4) is 0 Å². The number of nitrogens with zero attached hydrogens (tertiary/aromatic N) is 5. The molecule has 49 heavy (non-hydrogen) atoms. The van der Waals surface area contributed by atoms with E-state index in [2.05, 4.69) is 56.7 Å². The highest BCUT2D eigenvalue weighted by Crippen LogP contribution is 2.33. The van der Waals surface area contributed by atoms with Gasteiger partial charge < -0.3 is 19.1 Å². The van der Waals surface area contributed by atoms with Crippen LogP contribution in [0.2, 0.25) is 0 Å². The molecule has 0 radical (unpaired) electrons. The van der Waals surface area contributed by atoms with E-state index >= 15 is 0 Å². The molecule has 1 N–H and O–H groups in total. The Hall–Kier alpha value is -3.68. The van der Waals surface area contributed by atoms with Crippen LogP contribution in [-0.2, 0) is 23.9 Å². The molecule has 0 saturated heterocycles. The Balaban J connectivity index is 0.000000192. The molecular weight excluding hydrogens is 610 g/mol. The van der Waals surface area contributed by atoms with E-state index in [4.69, 9.17) is 9.97 Å². The number of benzene rings is 2. The maximum atomic E-state index is 12.5. The van der Waals surface area contributed by atoms with Gasteiger partial charge >= 0.3 is 5.97 Å². The summed E-state index contributed by atoms with van der Waals surface area (Å²) in [7, 11) is 1.84. The van der Waals surface area contributed by atoms with Gasteiger partial charge in [0.05, 0.1) is 27.6 Å². The number of carboxylic acids is 1. The Kier molecular flexibility index (Phi) is 11.2. The average molecular weight is 670 g/mol. The summed E-state index contributed by atoms with van der Waals surface area (Å²) in [5, 5.41) is 9.21. The number of aromatic nitrogens is 4. The summed E-state index contributed by atoms with van der Waals surface area (Å²) in [6, 6.07) is 11.3. The number of imidazole rings is 2. The molecule has 4 aromatic rings. The fourth-order valence-corrected chi connectivity index (χ4v) is 7.66. The van der Waals surface area contributed by atoms with Crippen LogP contribution in [-0.4, -0.2) is 54.6 Å². The van der Waals surface area contributed by atoms with Crippen molar-refractivity contribution < 1.29 is 14.7 Å². The Labute approximate surface area is 293 Å². The van der Waals surface area contributed by atoms with Crippen LogP contribution in [0.5, 0.6) is 0 Å². The van der Waals surface area contributed by atoms with Crippen LogP contribution in [0.15, 0.2) is 36.4 Å². The molecule has 0 bridgehead atoms. The van der Waals surface area contributed by atoms with Gasteiger partial charge in [0.1, 0.15) is 11.6 Å². The summed E-state index contributed by atoms with van der Waals surface area (Å²) in [4.78, 5) is 35.2. The minimum Gasteiger partial charge on any atom is -0.478 e. The van der Waals surface area contributed by atoms with Crippen LogP contribution in [0.1, 0.15) is 145 Å². The molecule has 2 aromatic carbocycles. The molecule has 2 heterocycles. The predicted molar refractivity (Wildman–Crippen MR) is 200 cm³/mol. The third-order valence-electron chi connectivity index (χ3n) is 10.5. The van der Waals surface area contributed by atoms with Crippen molar-refractivity contribution in [3.8, 4) is 0 Å². The van der Waals surface area contributed by atoms with Crippen molar-refractivity contribution in [2.45, 2.75) is 137 Å². The summed E-state index contributed by atoms with van der Waals surface area (Å²) < 4.78 is 4.75. The maximum Gasteiger partial charge on any atom is 0.335 e. The second-order valence-corrected chi connectivity index (χ2v) is 16.6. The van der Waals surface area contributed by atoms with Crippen molar-refractivity contribution in [1.29, 1.82) is 0 Å². The van der Waals surface area contributed by atoms with Gasteiger partial charge in [0, 0.05) is 43.1 Å². The quantitative estimate of drug-likeness (QED) is 0.212. The van der Waals surface area contributed by atoms with E-state index in [1.54, 1.807) is 17.0 Å². The zero-order valence-corrected chi connectivity index (χ0v) is 31.3. The molecule has 2 saturated carbocycles. The minimum absolute atomic E-state index is 0.0158. The lowest BCUT2D eigenvalue weighted by atomic mass is 9.88. The molecule has 0 unspecified atom stereocenters. The van der Waals surface area contributed by atoms with E-state index in [1.807, 2.05) is 32.2 Å². The number of hydrogen-bond donors (Lipinski definition) is 1. The molecule has 2 fully saturated rings. The minimum atomic E-state index is -0.897. The van der Waals surface area contributed by atoms with E-state index in [0.29, 0.717) is 18.0 Å². The highest BCUT2D eigenvalue weighted by molar-refractivity contribution is 5.97. The lowest BCUT2D eigenvalue weighted by Gasteiger charge is -2.26. The Bertz CT molecular complexity index is 1760. The molecular formula is C41H59N5O3. The smallest absolute Gasteiger partial charge is 0.335 e. The van der Waals surface area contributed by atoms with Gasteiger partial charge in [-0.25, -0.2) is 14.8 Å². The number of carbonyl (C=O) groups excluding carboxylic acids is 1. The second kappa shape index (κ2) is 15.1. The average Bonchev–Trinajstić information content (AvgIpc) is 3.63. The normalized spacial score (nSPS) is 16.5. The van der Waals surface area contributed by atoms with Crippen molar-refractivity contribution in [2.24, 2.45) is 11.8 Å². The summed E-state index contributed by atoms with van der Waals surface area (Å²) >= 11 is 0. The first-order chi connectivity index (χ1) is 23.2. The summed E-state index contributed by atoms with van der Waals surface area (Å²) in [5.41, 5.74) is 4.92. The zero-order chi connectivity index (χ0) is 35.5. The summed E-state index contributed by atoms with van der Waals surface area (Å²) in [6.45, 7) is 17.9. The van der Waals surface area contributed by atoms with Gasteiger partial charge in [0.25, 0.3) is 5.91 Å². The third-order valence-corrected chi connectivity index (χ3v) is 10.5. The Morgan fingerprint density at radius 3 is 1.51 bits per heavy atom. The van der Waals surface area contributed by atoms with E-state index in [-0.39, 0.29) is 16.7 Å². The predicted octanol–water partition coefficient (Wildman–Crippen LogP) is 9.62. The van der Waals surface area contributed by atoms with Gasteiger partial charge in [-0.1, -0.05) is 80.1 Å². The van der Waals surface area contributed by atoms with Gasteiger partial charge in [-0.3, -0.25) is 4.79 Å². The molecule has 8 heteroatoms. The fourth-order valence-electron chi connectivity index (χ4n) is 7.66. The van der Waals surface area contributed by atoms with Crippen LogP contribution >= 0.6 is 0 Å². The first-order valence-electron chi connectivity index (χ1n) is 18.7. The molecule has 0 aliphatic heterocycles. The van der Waals surface area contributed by atoms with E-state index in [9.17, 15) is 14.7 Å². The first kappa shape index (κ1) is 36.6. The monoisotopic (exact) mass is 669 g/mol. The largest absolute Gasteiger partial charge is 0.478 e. The first-order valence-corrected chi connectivity index (χ1v) is 18.7. The van der Waals surface area contributed by atoms with Gasteiger partial charge in [-0.05, 0) is 80.8 Å². The number of rotatable bonds is 7. The van der Waals surface area contributed by atoms with E-state index in [0.717, 1.165) is 58.3 Å². The van der Waals surface area contributed by atoms with Crippen molar-refractivity contribution in [3.05, 3.63) is 59.2 Å². The van der Waals surface area contributed by atoms with Gasteiger partial charge in [0.2, 0.25) is 0 Å². The maximum absolute atomic E-state index is 12.5. The lowest BCUT2D eigenvalue weighted by Crippen LogP contribution is -2.26. The topological polar surface area (TPSA) is 93.2 Å². The van der Waals surface area contributed by atoms with E-state index < -0.39 is 5.97 Å². The number of carbonyl (C=O) groups is 2. The zero-order valence-electron chi connectivity index (χ0n) is 31.3. The van der Waals surface area contributed by atoms with Gasteiger partial charge in [0.15, 0.2) is 0 Å². The number of hydrogen-bond acceptors (Lipinski definition) is 4.